The quantitative estimate of drug-likeness (QED) is 0.335. The van der Waals surface area contributed by atoms with E-state index in [1.54, 1.807) is 13.8 Å². The Bertz CT molecular complexity index is 458. The minimum absolute atomic E-state index is 0.258. The lowest BCUT2D eigenvalue weighted by molar-refractivity contribution is -0.177. The summed E-state index contributed by atoms with van der Waals surface area (Å²) in [7, 11) is -3.06. The van der Waals surface area contributed by atoms with E-state index < -0.39 is 7.60 Å². The van der Waals surface area contributed by atoms with E-state index in [1.807, 2.05) is 30.3 Å². The topological polar surface area (TPSA) is 65.1 Å². The third-order valence-corrected chi connectivity index (χ3v) is 4.99. The van der Waals surface area contributed by atoms with Crippen molar-refractivity contribution in [1.82, 2.24) is 5.06 Å². The molecule has 7 heteroatoms. The Morgan fingerprint density at radius 3 is 2.32 bits per heavy atom. The maximum absolute atomic E-state index is 12.3. The fourth-order valence-electron chi connectivity index (χ4n) is 1.86. The Morgan fingerprint density at radius 2 is 1.77 bits per heavy atom. The molecule has 124 valence electrons. The molecule has 0 spiro atoms. The first kappa shape index (κ1) is 18.8. The Labute approximate surface area is 131 Å². The monoisotopic (exact) mass is 329 g/mol. The van der Waals surface area contributed by atoms with Crippen LogP contribution in [0.25, 0.3) is 0 Å². The molecule has 0 aromatic heterocycles. The van der Waals surface area contributed by atoms with Gasteiger partial charge in [0, 0.05) is 6.54 Å². The predicted octanol–water partition coefficient (Wildman–Crippen LogP) is 3.23. The van der Waals surface area contributed by atoms with Gasteiger partial charge in [0.2, 0.25) is 6.41 Å². The third kappa shape index (κ3) is 7.18. The van der Waals surface area contributed by atoms with E-state index in [1.165, 1.54) is 5.06 Å². The van der Waals surface area contributed by atoms with Crippen LogP contribution in [0.4, 0.5) is 0 Å². The maximum Gasteiger partial charge on any atom is 0.330 e. The Morgan fingerprint density at radius 1 is 1.14 bits per heavy atom. The van der Waals surface area contributed by atoms with Crippen LogP contribution in [-0.4, -0.2) is 37.4 Å². The van der Waals surface area contributed by atoms with Gasteiger partial charge in [-0.25, -0.2) is 5.06 Å². The fraction of sp³-hybridized carbons (Fsp3) is 0.533. The summed E-state index contributed by atoms with van der Waals surface area (Å²) in [4.78, 5) is 16.4. The average molecular weight is 329 g/mol. The molecule has 0 bridgehead atoms. The van der Waals surface area contributed by atoms with E-state index in [2.05, 4.69) is 0 Å². The first-order valence-electron chi connectivity index (χ1n) is 7.40. The van der Waals surface area contributed by atoms with Gasteiger partial charge in [-0.3, -0.25) is 14.2 Å². The molecule has 0 aliphatic rings. The highest BCUT2D eigenvalue weighted by molar-refractivity contribution is 7.53. The van der Waals surface area contributed by atoms with Crippen LogP contribution in [0.2, 0.25) is 0 Å². The molecule has 0 aliphatic heterocycles. The smallest absolute Gasteiger partial charge is 0.309 e. The summed E-state index contributed by atoms with van der Waals surface area (Å²) in [6.45, 7) is 4.85. The molecule has 0 atom stereocenters. The van der Waals surface area contributed by atoms with E-state index >= 15 is 0 Å². The molecule has 1 amide bonds. The highest BCUT2D eigenvalue weighted by Crippen LogP contribution is 2.48. The molecule has 0 radical (unpaired) electrons. The van der Waals surface area contributed by atoms with E-state index in [-0.39, 0.29) is 6.16 Å². The van der Waals surface area contributed by atoms with Crippen molar-refractivity contribution in [2.75, 3.05) is 25.9 Å². The number of hydroxylamine groups is 2. The lowest BCUT2D eigenvalue weighted by Gasteiger charge is -2.20. The lowest BCUT2D eigenvalue weighted by Crippen LogP contribution is -2.24. The number of carbonyl (C=O) groups is 1. The molecule has 1 aromatic rings. The molecule has 22 heavy (non-hydrogen) atoms. The molecule has 0 saturated carbocycles. The van der Waals surface area contributed by atoms with E-state index in [9.17, 15) is 9.36 Å². The maximum atomic E-state index is 12.3. The van der Waals surface area contributed by atoms with Crippen LogP contribution in [0.1, 0.15) is 25.8 Å². The summed E-state index contributed by atoms with van der Waals surface area (Å²) < 4.78 is 22.7. The first-order chi connectivity index (χ1) is 10.6. The van der Waals surface area contributed by atoms with Crippen LogP contribution < -0.4 is 0 Å². The van der Waals surface area contributed by atoms with Crippen LogP contribution in [-0.2, 0) is 29.9 Å². The fourth-order valence-corrected chi connectivity index (χ4v) is 3.51. The van der Waals surface area contributed by atoms with Gasteiger partial charge in [-0.1, -0.05) is 30.3 Å². The van der Waals surface area contributed by atoms with E-state index in [0.29, 0.717) is 39.2 Å². The molecule has 0 N–H and O–H groups in total. The lowest BCUT2D eigenvalue weighted by atomic mass is 10.2. The number of hydrogen-bond acceptors (Lipinski definition) is 5. The third-order valence-electron chi connectivity index (χ3n) is 2.82. The number of benzene rings is 1. The zero-order chi connectivity index (χ0) is 16.3. The minimum Gasteiger partial charge on any atom is -0.309 e. The molecule has 1 aromatic carbocycles. The highest BCUT2D eigenvalue weighted by atomic mass is 31.2. The predicted molar refractivity (Wildman–Crippen MR) is 84.3 cm³/mol. The van der Waals surface area contributed by atoms with Gasteiger partial charge >= 0.3 is 7.60 Å². The molecular formula is C15H24NO5P. The summed E-state index contributed by atoms with van der Waals surface area (Å²) in [5.74, 6) is 0. The van der Waals surface area contributed by atoms with Crippen LogP contribution in [0.15, 0.2) is 30.3 Å². The first-order valence-corrected chi connectivity index (χ1v) is 9.13. The number of amides is 1. The molecule has 0 fully saturated rings. The summed E-state index contributed by atoms with van der Waals surface area (Å²) in [5.41, 5.74) is 0.976. The van der Waals surface area contributed by atoms with Crippen molar-refractivity contribution in [2.45, 2.75) is 26.9 Å². The SMILES string of the molecule is CCOP(=O)(CCCN(C=O)OCc1ccccc1)OCC. The number of hydrogen-bond donors (Lipinski definition) is 0. The second kappa shape index (κ2) is 10.5. The van der Waals surface area contributed by atoms with Gasteiger partial charge in [-0.2, -0.15) is 0 Å². The zero-order valence-electron chi connectivity index (χ0n) is 13.1. The van der Waals surface area contributed by atoms with Gasteiger partial charge < -0.3 is 9.05 Å². The van der Waals surface area contributed by atoms with Gasteiger partial charge in [0.25, 0.3) is 0 Å². The van der Waals surface area contributed by atoms with Crippen molar-refractivity contribution in [2.24, 2.45) is 0 Å². The van der Waals surface area contributed by atoms with Crippen molar-refractivity contribution in [3.8, 4) is 0 Å². The number of nitrogens with zero attached hydrogens (tertiary/aromatic N) is 1. The average Bonchev–Trinajstić information content (AvgIpc) is 2.52. The van der Waals surface area contributed by atoms with E-state index in [4.69, 9.17) is 13.9 Å². The molecule has 0 heterocycles. The van der Waals surface area contributed by atoms with Gasteiger partial charge in [0.1, 0.15) is 6.61 Å². The van der Waals surface area contributed by atoms with Crippen molar-refractivity contribution in [3.63, 3.8) is 0 Å². The second-order valence-electron chi connectivity index (χ2n) is 4.53. The summed E-state index contributed by atoms with van der Waals surface area (Å²) >= 11 is 0. The standard InChI is InChI=1S/C15H24NO5P/c1-3-20-22(18,21-4-2)12-8-11-16(14-17)19-13-15-9-6-5-7-10-15/h5-7,9-10,14H,3-4,8,11-13H2,1-2H3. The normalized spacial score (nSPS) is 11.4. The molecule has 0 unspecified atom stereocenters. The Balaban J connectivity index is 2.36. The van der Waals surface area contributed by atoms with Crippen LogP contribution in [0, 0.1) is 0 Å². The number of rotatable bonds is 12. The summed E-state index contributed by atoms with van der Waals surface area (Å²) in [5, 5.41) is 1.20. The highest BCUT2D eigenvalue weighted by Gasteiger charge is 2.23. The Kier molecular flexibility index (Phi) is 9.01. The Hall–Kier alpha value is -1.20. The largest absolute Gasteiger partial charge is 0.330 e. The van der Waals surface area contributed by atoms with Crippen molar-refractivity contribution in [3.05, 3.63) is 35.9 Å². The van der Waals surface area contributed by atoms with Crippen LogP contribution >= 0.6 is 7.60 Å². The van der Waals surface area contributed by atoms with Gasteiger partial charge in [0.05, 0.1) is 19.4 Å². The van der Waals surface area contributed by atoms with Gasteiger partial charge in [0.15, 0.2) is 0 Å². The number of carbonyl (C=O) groups excluding carboxylic acids is 1. The molecule has 6 nitrogen and oxygen atoms in total. The minimum atomic E-state index is -3.06. The summed E-state index contributed by atoms with van der Waals surface area (Å²) in [6, 6.07) is 9.57. The molecule has 0 aliphatic carbocycles. The van der Waals surface area contributed by atoms with Crippen LogP contribution in [0.5, 0.6) is 0 Å². The van der Waals surface area contributed by atoms with Crippen molar-refractivity contribution in [1.29, 1.82) is 0 Å². The molecule has 1 rings (SSSR count). The molecular weight excluding hydrogens is 305 g/mol. The zero-order valence-corrected chi connectivity index (χ0v) is 14.0. The van der Waals surface area contributed by atoms with E-state index in [0.717, 1.165) is 5.56 Å². The van der Waals surface area contributed by atoms with Gasteiger partial charge in [-0.05, 0) is 25.8 Å². The summed E-state index contributed by atoms with van der Waals surface area (Å²) in [6.07, 6.45) is 1.35. The van der Waals surface area contributed by atoms with Crippen molar-refractivity contribution < 1.29 is 23.2 Å². The second-order valence-corrected chi connectivity index (χ2v) is 6.71. The molecule has 0 saturated heterocycles. The van der Waals surface area contributed by atoms with Crippen LogP contribution in [0.3, 0.4) is 0 Å². The van der Waals surface area contributed by atoms with Crippen molar-refractivity contribution >= 4 is 14.0 Å². The van der Waals surface area contributed by atoms with Gasteiger partial charge in [-0.15, -0.1) is 0 Å².